The van der Waals surface area contributed by atoms with Crippen molar-refractivity contribution in [2.24, 2.45) is 0 Å². The van der Waals surface area contributed by atoms with Crippen LogP contribution in [-0.2, 0) is 0 Å². The zero-order valence-electron chi connectivity index (χ0n) is 10.8. The number of rotatable bonds is 4. The Balaban J connectivity index is 2.24. The van der Waals surface area contributed by atoms with Crippen LogP contribution in [0.4, 0.5) is 15.8 Å². The van der Waals surface area contributed by atoms with E-state index in [4.69, 9.17) is 0 Å². The van der Waals surface area contributed by atoms with Crippen LogP contribution in [0.15, 0.2) is 18.2 Å². The third-order valence-electron chi connectivity index (χ3n) is 3.61. The van der Waals surface area contributed by atoms with E-state index < -0.39 is 16.3 Å². The molecule has 19 heavy (non-hydrogen) atoms. The fraction of sp³-hybridized carbons (Fsp3) is 0.538. The van der Waals surface area contributed by atoms with Gasteiger partial charge in [0.05, 0.1) is 10.5 Å². The molecule has 0 saturated heterocycles. The number of aliphatic hydroxyl groups is 1. The summed E-state index contributed by atoms with van der Waals surface area (Å²) in [7, 11) is 1.64. The van der Waals surface area contributed by atoms with E-state index in [2.05, 4.69) is 0 Å². The number of hydrogen-bond acceptors (Lipinski definition) is 4. The average molecular weight is 268 g/mol. The van der Waals surface area contributed by atoms with E-state index >= 15 is 0 Å². The molecule has 0 amide bonds. The molecule has 0 bridgehead atoms. The van der Waals surface area contributed by atoms with Gasteiger partial charge < -0.3 is 10.0 Å². The van der Waals surface area contributed by atoms with Gasteiger partial charge in [0.25, 0.3) is 5.69 Å². The predicted molar refractivity (Wildman–Crippen MR) is 69.7 cm³/mol. The zero-order chi connectivity index (χ0) is 14.0. The maximum atomic E-state index is 13.3. The van der Waals surface area contributed by atoms with Crippen molar-refractivity contribution in [2.45, 2.75) is 31.3 Å². The Morgan fingerprint density at radius 2 is 2.11 bits per heavy atom. The molecule has 104 valence electrons. The molecule has 1 aromatic carbocycles. The first kappa shape index (κ1) is 13.7. The fourth-order valence-electron chi connectivity index (χ4n) is 2.67. The second-order valence-electron chi connectivity index (χ2n) is 5.18. The monoisotopic (exact) mass is 268 g/mol. The van der Waals surface area contributed by atoms with Gasteiger partial charge in [-0.05, 0) is 18.9 Å². The van der Waals surface area contributed by atoms with Gasteiger partial charge in [0, 0.05) is 25.7 Å². The highest BCUT2D eigenvalue weighted by Crippen LogP contribution is 2.34. The van der Waals surface area contributed by atoms with Gasteiger partial charge in [-0.15, -0.1) is 0 Å². The highest BCUT2D eigenvalue weighted by atomic mass is 19.1. The van der Waals surface area contributed by atoms with Gasteiger partial charge in [0.15, 0.2) is 0 Å². The molecule has 1 aromatic rings. The topological polar surface area (TPSA) is 66.6 Å². The third kappa shape index (κ3) is 3.01. The highest BCUT2D eigenvalue weighted by molar-refractivity contribution is 5.63. The van der Waals surface area contributed by atoms with E-state index in [0.717, 1.165) is 31.0 Å². The molecule has 1 aliphatic rings. The van der Waals surface area contributed by atoms with Crippen molar-refractivity contribution < 1.29 is 14.4 Å². The van der Waals surface area contributed by atoms with Crippen LogP contribution in [-0.4, -0.2) is 29.2 Å². The van der Waals surface area contributed by atoms with Gasteiger partial charge in [0.1, 0.15) is 11.5 Å². The van der Waals surface area contributed by atoms with Crippen LogP contribution in [0, 0.1) is 15.9 Å². The van der Waals surface area contributed by atoms with Gasteiger partial charge in [-0.1, -0.05) is 12.8 Å². The number of nitrogens with zero attached hydrogens (tertiary/aromatic N) is 2. The van der Waals surface area contributed by atoms with Crippen LogP contribution in [0.25, 0.3) is 0 Å². The van der Waals surface area contributed by atoms with Gasteiger partial charge in [0.2, 0.25) is 0 Å². The first-order valence-corrected chi connectivity index (χ1v) is 6.29. The van der Waals surface area contributed by atoms with Gasteiger partial charge in [-0.25, -0.2) is 4.39 Å². The van der Waals surface area contributed by atoms with E-state index in [0.29, 0.717) is 12.8 Å². The molecule has 1 fully saturated rings. The Labute approximate surface area is 110 Å². The highest BCUT2D eigenvalue weighted by Gasteiger charge is 2.33. The molecule has 0 heterocycles. The summed E-state index contributed by atoms with van der Waals surface area (Å²) in [5.41, 5.74) is -0.773. The molecule has 2 rings (SSSR count). The summed E-state index contributed by atoms with van der Waals surface area (Å²) in [4.78, 5) is 12.0. The summed E-state index contributed by atoms with van der Waals surface area (Å²) in [6.07, 6.45) is 3.27. The van der Waals surface area contributed by atoms with E-state index in [1.165, 1.54) is 0 Å². The van der Waals surface area contributed by atoms with Gasteiger partial charge in [-0.3, -0.25) is 10.1 Å². The Hall–Kier alpha value is -1.69. The normalized spacial score (nSPS) is 17.4. The lowest BCUT2D eigenvalue weighted by atomic mass is 10.0. The first-order chi connectivity index (χ1) is 8.91. The van der Waals surface area contributed by atoms with Crippen molar-refractivity contribution in [3.05, 3.63) is 34.1 Å². The number of anilines is 1. The summed E-state index contributed by atoms with van der Waals surface area (Å²) >= 11 is 0. The zero-order valence-corrected chi connectivity index (χ0v) is 10.8. The van der Waals surface area contributed by atoms with Crippen molar-refractivity contribution in [2.75, 3.05) is 18.5 Å². The molecule has 0 aromatic heterocycles. The maximum Gasteiger partial charge on any atom is 0.292 e. The third-order valence-corrected chi connectivity index (χ3v) is 3.61. The Morgan fingerprint density at radius 3 is 2.68 bits per heavy atom. The smallest absolute Gasteiger partial charge is 0.292 e. The molecule has 0 aliphatic heterocycles. The Kier molecular flexibility index (Phi) is 3.71. The summed E-state index contributed by atoms with van der Waals surface area (Å²) in [5, 5.41) is 21.3. The molecule has 0 unspecified atom stereocenters. The molecular weight excluding hydrogens is 251 g/mol. The number of likely N-dealkylation sites (N-methyl/N-ethyl adjacent to an activating group) is 1. The van der Waals surface area contributed by atoms with E-state index in [9.17, 15) is 19.6 Å². The van der Waals surface area contributed by atoms with Crippen molar-refractivity contribution in [1.82, 2.24) is 0 Å². The molecular formula is C13H17FN2O3. The summed E-state index contributed by atoms with van der Waals surface area (Å²) in [6, 6.07) is 3.36. The van der Waals surface area contributed by atoms with Crippen LogP contribution in [0.1, 0.15) is 25.7 Å². The van der Waals surface area contributed by atoms with Crippen molar-refractivity contribution in [1.29, 1.82) is 0 Å². The number of nitro groups is 1. The lowest BCUT2D eigenvalue weighted by Gasteiger charge is -2.29. The van der Waals surface area contributed by atoms with Crippen LogP contribution in [0.5, 0.6) is 0 Å². The van der Waals surface area contributed by atoms with E-state index in [1.54, 1.807) is 11.9 Å². The number of halogens is 1. The second-order valence-corrected chi connectivity index (χ2v) is 5.18. The molecule has 0 radical (unpaired) electrons. The molecule has 0 atom stereocenters. The molecule has 5 nitrogen and oxygen atoms in total. The fourth-order valence-corrected chi connectivity index (χ4v) is 2.67. The summed E-state index contributed by atoms with van der Waals surface area (Å²) in [5.74, 6) is -0.522. The molecule has 1 N–H and O–H groups in total. The minimum absolute atomic E-state index is 0.148. The SMILES string of the molecule is CN(CC1(O)CCCC1)c1cc(F)ccc1[N+](=O)[O-]. The molecule has 6 heteroatoms. The van der Waals surface area contributed by atoms with Crippen molar-refractivity contribution in [3.8, 4) is 0 Å². The lowest BCUT2D eigenvalue weighted by molar-refractivity contribution is -0.384. The Morgan fingerprint density at radius 1 is 1.47 bits per heavy atom. The van der Waals surface area contributed by atoms with Gasteiger partial charge in [-0.2, -0.15) is 0 Å². The van der Waals surface area contributed by atoms with Crippen molar-refractivity contribution >= 4 is 11.4 Å². The van der Waals surface area contributed by atoms with E-state index in [1.807, 2.05) is 0 Å². The largest absolute Gasteiger partial charge is 0.388 e. The van der Waals surface area contributed by atoms with Crippen LogP contribution in [0.3, 0.4) is 0 Å². The number of benzene rings is 1. The molecule has 1 saturated carbocycles. The lowest BCUT2D eigenvalue weighted by Crippen LogP contribution is -2.39. The molecule has 0 spiro atoms. The Bertz CT molecular complexity index is 487. The number of hydrogen-bond donors (Lipinski definition) is 1. The maximum absolute atomic E-state index is 13.3. The van der Waals surface area contributed by atoms with E-state index in [-0.39, 0.29) is 17.9 Å². The molecule has 1 aliphatic carbocycles. The number of nitro benzene ring substituents is 1. The quantitative estimate of drug-likeness (QED) is 0.673. The first-order valence-electron chi connectivity index (χ1n) is 6.29. The van der Waals surface area contributed by atoms with Crippen LogP contribution >= 0.6 is 0 Å². The van der Waals surface area contributed by atoms with Crippen LogP contribution in [0.2, 0.25) is 0 Å². The standard InChI is InChI=1S/C13H17FN2O3/c1-15(9-13(17)6-2-3-7-13)12-8-10(14)4-5-11(12)16(18)19/h4-5,8,17H,2-3,6-7,9H2,1H3. The second kappa shape index (κ2) is 5.13. The minimum Gasteiger partial charge on any atom is -0.388 e. The summed E-state index contributed by atoms with van der Waals surface area (Å²) < 4.78 is 13.3. The van der Waals surface area contributed by atoms with Crippen LogP contribution < -0.4 is 4.90 Å². The van der Waals surface area contributed by atoms with Gasteiger partial charge >= 0.3 is 0 Å². The summed E-state index contributed by atoms with van der Waals surface area (Å²) in [6.45, 7) is 0.275. The average Bonchev–Trinajstić information content (AvgIpc) is 2.75. The van der Waals surface area contributed by atoms with Crippen molar-refractivity contribution in [3.63, 3.8) is 0 Å². The predicted octanol–water partition coefficient (Wildman–Crippen LogP) is 2.48. The minimum atomic E-state index is -0.824.